The number of amides is 2. The van der Waals surface area contributed by atoms with Crippen molar-refractivity contribution in [2.75, 3.05) is 13.7 Å². The van der Waals surface area contributed by atoms with Crippen LogP contribution in [-0.4, -0.2) is 49.7 Å². The molecule has 0 aliphatic carbocycles. The Bertz CT molecular complexity index is 643. The van der Waals surface area contributed by atoms with Gasteiger partial charge in [-0.05, 0) is 23.3 Å². The number of carbonyl (C=O) groups is 3. The van der Waals surface area contributed by atoms with Crippen molar-refractivity contribution >= 4 is 35.3 Å². The topological polar surface area (TPSA) is 96.9 Å². The van der Waals surface area contributed by atoms with Crippen molar-refractivity contribution < 1.29 is 19.1 Å². The fraction of sp³-hybridized carbons (Fsp3) is 0.579. The van der Waals surface area contributed by atoms with Gasteiger partial charge in [0.1, 0.15) is 12.1 Å². The van der Waals surface area contributed by atoms with Gasteiger partial charge in [-0.3, -0.25) is 14.6 Å². The van der Waals surface area contributed by atoms with E-state index >= 15 is 0 Å². The van der Waals surface area contributed by atoms with E-state index in [1.165, 1.54) is 18.4 Å². The van der Waals surface area contributed by atoms with Gasteiger partial charge in [-0.1, -0.05) is 40.2 Å². The molecule has 0 radical (unpaired) electrons. The molecule has 1 aromatic heterocycles. The predicted molar refractivity (Wildman–Crippen MR) is 107 cm³/mol. The third kappa shape index (κ3) is 7.50. The summed E-state index contributed by atoms with van der Waals surface area (Å²) in [5, 5.41) is 7.15. The third-order valence-corrected chi connectivity index (χ3v) is 5.03. The molecule has 2 N–H and O–H groups in total. The van der Waals surface area contributed by atoms with Crippen LogP contribution in [0, 0.1) is 11.8 Å². The average molecular weight is 396 g/mol. The lowest BCUT2D eigenvalue weighted by molar-refractivity contribution is -0.146. The molecule has 0 fully saturated rings. The monoisotopic (exact) mass is 395 g/mol. The van der Waals surface area contributed by atoms with E-state index in [-0.39, 0.29) is 24.3 Å². The second kappa shape index (κ2) is 11.5. The number of nitrogens with zero attached hydrogens (tertiary/aromatic N) is 1. The first-order valence-electron chi connectivity index (χ1n) is 9.01. The molecule has 2 amide bonds. The zero-order valence-electron chi connectivity index (χ0n) is 16.5. The van der Waals surface area contributed by atoms with Crippen LogP contribution in [0.2, 0.25) is 0 Å². The second-order valence-electron chi connectivity index (χ2n) is 6.65. The summed E-state index contributed by atoms with van der Waals surface area (Å²) in [6.07, 6.45) is 2.47. The Morgan fingerprint density at radius 3 is 2.52 bits per heavy atom. The summed E-state index contributed by atoms with van der Waals surface area (Å²) in [4.78, 5) is 41.7. The van der Waals surface area contributed by atoms with Gasteiger partial charge in [0.05, 0.1) is 13.7 Å². The van der Waals surface area contributed by atoms with Crippen LogP contribution in [0.1, 0.15) is 39.0 Å². The largest absolute Gasteiger partial charge is 0.467 e. The molecule has 27 heavy (non-hydrogen) atoms. The number of methoxy groups -OCH3 is 1. The number of aliphatic imine (C=N–C) groups is 1. The lowest BCUT2D eigenvalue weighted by Crippen LogP contribution is -2.49. The van der Waals surface area contributed by atoms with Crippen LogP contribution < -0.4 is 10.6 Å². The summed E-state index contributed by atoms with van der Waals surface area (Å²) < 4.78 is 4.69. The van der Waals surface area contributed by atoms with E-state index in [0.29, 0.717) is 0 Å². The van der Waals surface area contributed by atoms with Crippen LogP contribution in [0.15, 0.2) is 22.5 Å². The van der Waals surface area contributed by atoms with E-state index in [9.17, 15) is 14.4 Å². The van der Waals surface area contributed by atoms with Gasteiger partial charge in [0.25, 0.3) is 0 Å². The summed E-state index contributed by atoms with van der Waals surface area (Å²) in [7, 11) is 1.27. The van der Waals surface area contributed by atoms with Crippen LogP contribution in [0.3, 0.4) is 0 Å². The molecule has 0 aromatic carbocycles. The van der Waals surface area contributed by atoms with Gasteiger partial charge in [-0.25, -0.2) is 4.79 Å². The van der Waals surface area contributed by atoms with E-state index in [4.69, 9.17) is 4.74 Å². The molecule has 0 saturated heterocycles. The SMILES string of the molecule is CC[C@H](C)[C@H](N=Cc1cccs1)C(=O)NCC(=O)N[C@H](C(=O)OC)C(C)C. The number of ether oxygens (including phenoxy) is 1. The summed E-state index contributed by atoms with van der Waals surface area (Å²) in [5.74, 6) is -1.37. The van der Waals surface area contributed by atoms with Crippen molar-refractivity contribution in [1.29, 1.82) is 0 Å². The number of hydrogen-bond acceptors (Lipinski definition) is 6. The Balaban J connectivity index is 2.67. The first-order chi connectivity index (χ1) is 12.8. The van der Waals surface area contributed by atoms with Crippen molar-refractivity contribution in [1.82, 2.24) is 10.6 Å². The highest BCUT2D eigenvalue weighted by atomic mass is 32.1. The smallest absolute Gasteiger partial charge is 0.328 e. The zero-order chi connectivity index (χ0) is 20.4. The average Bonchev–Trinajstić information content (AvgIpc) is 3.16. The molecular formula is C19H29N3O4S. The Kier molecular flexibility index (Phi) is 9.71. The van der Waals surface area contributed by atoms with Crippen molar-refractivity contribution in [3.8, 4) is 0 Å². The van der Waals surface area contributed by atoms with Gasteiger partial charge >= 0.3 is 5.97 Å². The Morgan fingerprint density at radius 2 is 2.00 bits per heavy atom. The molecule has 0 spiro atoms. The summed E-state index contributed by atoms with van der Waals surface area (Å²) in [5.41, 5.74) is 0. The van der Waals surface area contributed by atoms with E-state index in [1.807, 2.05) is 31.4 Å². The van der Waals surface area contributed by atoms with Crippen LogP contribution in [0.4, 0.5) is 0 Å². The molecule has 150 valence electrons. The molecule has 1 heterocycles. The lowest BCUT2D eigenvalue weighted by Gasteiger charge is -2.21. The van der Waals surface area contributed by atoms with Gasteiger partial charge in [0.15, 0.2) is 0 Å². The molecule has 0 aliphatic rings. The van der Waals surface area contributed by atoms with Gasteiger partial charge < -0.3 is 15.4 Å². The first-order valence-corrected chi connectivity index (χ1v) is 9.89. The fourth-order valence-corrected chi connectivity index (χ4v) is 2.93. The quantitative estimate of drug-likeness (QED) is 0.468. The van der Waals surface area contributed by atoms with Gasteiger partial charge in [-0.2, -0.15) is 0 Å². The molecule has 0 unspecified atom stereocenters. The fourth-order valence-electron chi connectivity index (χ4n) is 2.34. The minimum absolute atomic E-state index is 0.0303. The van der Waals surface area contributed by atoms with Gasteiger partial charge in [0.2, 0.25) is 11.8 Å². The Hall–Kier alpha value is -2.22. The number of rotatable bonds is 10. The highest BCUT2D eigenvalue weighted by molar-refractivity contribution is 7.11. The van der Waals surface area contributed by atoms with E-state index < -0.39 is 24.0 Å². The van der Waals surface area contributed by atoms with Crippen LogP contribution >= 0.6 is 11.3 Å². The number of thiophene rings is 1. The molecule has 0 bridgehead atoms. The second-order valence-corrected chi connectivity index (χ2v) is 7.63. The highest BCUT2D eigenvalue weighted by Crippen LogP contribution is 2.13. The van der Waals surface area contributed by atoms with Crippen LogP contribution in [-0.2, 0) is 19.1 Å². The van der Waals surface area contributed by atoms with Crippen molar-refractivity contribution in [2.45, 2.75) is 46.2 Å². The summed E-state index contributed by atoms with van der Waals surface area (Å²) in [6, 6.07) is 2.51. The summed E-state index contributed by atoms with van der Waals surface area (Å²) in [6.45, 7) is 7.32. The number of nitrogens with one attached hydrogen (secondary N) is 2. The van der Waals surface area contributed by atoms with Crippen molar-refractivity contribution in [2.24, 2.45) is 16.8 Å². The normalized spacial score (nSPS) is 14.6. The zero-order valence-corrected chi connectivity index (χ0v) is 17.3. The number of hydrogen-bond donors (Lipinski definition) is 2. The third-order valence-electron chi connectivity index (χ3n) is 4.22. The lowest BCUT2D eigenvalue weighted by atomic mass is 9.99. The van der Waals surface area contributed by atoms with Crippen molar-refractivity contribution in [3.05, 3.63) is 22.4 Å². The maximum atomic E-state index is 12.5. The molecule has 0 aliphatic heterocycles. The highest BCUT2D eigenvalue weighted by Gasteiger charge is 2.26. The van der Waals surface area contributed by atoms with Crippen LogP contribution in [0.25, 0.3) is 0 Å². The first kappa shape index (κ1) is 22.8. The molecule has 8 heteroatoms. The van der Waals surface area contributed by atoms with Crippen molar-refractivity contribution in [3.63, 3.8) is 0 Å². The van der Waals surface area contributed by atoms with E-state index in [1.54, 1.807) is 20.1 Å². The minimum Gasteiger partial charge on any atom is -0.467 e. The molecule has 1 aromatic rings. The van der Waals surface area contributed by atoms with E-state index in [0.717, 1.165) is 11.3 Å². The summed E-state index contributed by atoms with van der Waals surface area (Å²) >= 11 is 1.54. The maximum absolute atomic E-state index is 12.5. The molecule has 1 rings (SSSR count). The molecule has 0 saturated carbocycles. The molecule has 3 atom stereocenters. The standard InChI is InChI=1S/C19H29N3O4S/c1-6-13(4)17(20-10-14-8-7-9-27-14)18(24)21-11-15(23)22-16(12(2)3)19(25)26-5/h7-10,12-13,16-17H,6,11H2,1-5H3,(H,21,24)(H,22,23)/t13-,16-,17-/m0/s1. The maximum Gasteiger partial charge on any atom is 0.328 e. The predicted octanol–water partition coefficient (Wildman–Crippen LogP) is 2.01. The van der Waals surface area contributed by atoms with E-state index in [2.05, 4.69) is 15.6 Å². The molecular weight excluding hydrogens is 366 g/mol. The van der Waals surface area contributed by atoms with Gasteiger partial charge in [0, 0.05) is 11.1 Å². The number of carbonyl (C=O) groups excluding carboxylic acids is 3. The Morgan fingerprint density at radius 1 is 1.30 bits per heavy atom. The van der Waals surface area contributed by atoms with Gasteiger partial charge in [-0.15, -0.1) is 11.3 Å². The number of esters is 1. The minimum atomic E-state index is -0.749. The Labute approximate surface area is 164 Å². The van der Waals surface area contributed by atoms with Crippen LogP contribution in [0.5, 0.6) is 0 Å². The molecule has 7 nitrogen and oxygen atoms in total.